The molecule has 21 heavy (non-hydrogen) atoms. The summed E-state index contributed by atoms with van der Waals surface area (Å²) in [5, 5.41) is 9.39. The van der Waals surface area contributed by atoms with Crippen LogP contribution >= 0.6 is 0 Å². The van der Waals surface area contributed by atoms with E-state index in [2.05, 4.69) is 31.7 Å². The first-order valence-electron chi connectivity index (χ1n) is 7.88. The van der Waals surface area contributed by atoms with Gasteiger partial charge in [0, 0.05) is 18.8 Å². The van der Waals surface area contributed by atoms with Gasteiger partial charge >= 0.3 is 0 Å². The van der Waals surface area contributed by atoms with Gasteiger partial charge in [-0.25, -0.2) is 8.42 Å². The zero-order valence-corrected chi connectivity index (χ0v) is 14.9. The highest BCUT2D eigenvalue weighted by atomic mass is 32.2. The van der Waals surface area contributed by atoms with Gasteiger partial charge < -0.3 is 4.90 Å². The second-order valence-corrected chi connectivity index (χ2v) is 9.53. The van der Waals surface area contributed by atoms with Crippen LogP contribution in [0.3, 0.4) is 0 Å². The predicted octanol–water partition coefficient (Wildman–Crippen LogP) is 2.71. The summed E-state index contributed by atoms with van der Waals surface area (Å²) in [4.78, 5) is 2.09. The minimum absolute atomic E-state index is 0.0264. The van der Waals surface area contributed by atoms with Crippen LogP contribution in [0.1, 0.15) is 46.5 Å². The predicted molar refractivity (Wildman–Crippen MR) is 86.6 cm³/mol. The lowest BCUT2D eigenvalue weighted by molar-refractivity contribution is 0.0673. The van der Waals surface area contributed by atoms with E-state index in [0.29, 0.717) is 12.5 Å². The van der Waals surface area contributed by atoms with Crippen molar-refractivity contribution in [1.82, 2.24) is 4.90 Å². The highest BCUT2D eigenvalue weighted by Gasteiger charge is 2.38. The fraction of sp³-hybridized carbons (Fsp3) is 0.938. The smallest absolute Gasteiger partial charge is 0.148 e. The van der Waals surface area contributed by atoms with E-state index in [4.69, 9.17) is 0 Å². The SMILES string of the molecule is CCC(C)(C)C1CCC(C#N)C(N(C)CCS(C)(=O)=O)C1. The van der Waals surface area contributed by atoms with Gasteiger partial charge in [0.2, 0.25) is 0 Å². The molecular formula is C16H30N2O2S. The molecule has 0 aromatic heterocycles. The van der Waals surface area contributed by atoms with Crippen molar-refractivity contribution >= 4 is 9.84 Å². The molecule has 0 spiro atoms. The largest absolute Gasteiger partial charge is 0.301 e. The van der Waals surface area contributed by atoms with Gasteiger partial charge in [0.25, 0.3) is 0 Å². The van der Waals surface area contributed by atoms with Crippen LogP contribution in [0.2, 0.25) is 0 Å². The van der Waals surface area contributed by atoms with E-state index in [1.165, 1.54) is 6.26 Å². The first-order chi connectivity index (χ1) is 9.60. The van der Waals surface area contributed by atoms with Crippen LogP contribution in [0.5, 0.6) is 0 Å². The molecule has 1 rings (SSSR count). The molecule has 1 fully saturated rings. The standard InChI is InChI=1S/C16H30N2O2S/c1-6-16(2,3)14-8-7-13(12-17)15(11-14)18(4)9-10-21(5,19)20/h13-15H,6-11H2,1-5H3. The molecule has 0 radical (unpaired) electrons. The molecule has 1 aliphatic carbocycles. The molecule has 4 nitrogen and oxygen atoms in total. The van der Waals surface area contributed by atoms with Crippen molar-refractivity contribution in [3.63, 3.8) is 0 Å². The van der Waals surface area contributed by atoms with Crippen LogP contribution < -0.4 is 0 Å². The van der Waals surface area contributed by atoms with Crippen LogP contribution in [-0.2, 0) is 9.84 Å². The van der Waals surface area contributed by atoms with E-state index in [1.807, 2.05) is 7.05 Å². The fourth-order valence-corrected chi connectivity index (χ4v) is 3.88. The van der Waals surface area contributed by atoms with Gasteiger partial charge in [0.15, 0.2) is 0 Å². The number of hydrogen-bond donors (Lipinski definition) is 0. The molecule has 1 saturated carbocycles. The Labute approximate surface area is 130 Å². The first-order valence-corrected chi connectivity index (χ1v) is 9.94. The molecule has 0 amide bonds. The third-order valence-corrected chi connectivity index (χ3v) is 6.30. The summed E-state index contributed by atoms with van der Waals surface area (Å²) in [7, 11) is -0.993. The normalized spacial score (nSPS) is 27.6. The molecule has 122 valence electrons. The van der Waals surface area contributed by atoms with Crippen molar-refractivity contribution in [1.29, 1.82) is 5.26 Å². The zero-order valence-electron chi connectivity index (χ0n) is 14.1. The molecule has 5 heteroatoms. The van der Waals surface area contributed by atoms with Crippen LogP contribution in [0.15, 0.2) is 0 Å². The van der Waals surface area contributed by atoms with E-state index < -0.39 is 9.84 Å². The molecule has 0 aromatic carbocycles. The van der Waals surface area contributed by atoms with Crippen LogP contribution in [0.4, 0.5) is 0 Å². The van der Waals surface area contributed by atoms with Gasteiger partial charge in [-0.3, -0.25) is 0 Å². The summed E-state index contributed by atoms with van der Waals surface area (Å²) in [5.74, 6) is 0.802. The van der Waals surface area contributed by atoms with Gasteiger partial charge in [0.05, 0.1) is 17.7 Å². The molecule has 0 saturated heterocycles. The molecule has 3 atom stereocenters. The maximum absolute atomic E-state index is 11.3. The van der Waals surface area contributed by atoms with Crippen molar-refractivity contribution < 1.29 is 8.42 Å². The first kappa shape index (κ1) is 18.4. The Kier molecular flexibility index (Phi) is 6.24. The third kappa shape index (κ3) is 5.27. The number of nitriles is 1. The molecular weight excluding hydrogens is 284 g/mol. The number of sulfone groups is 1. The van der Waals surface area contributed by atoms with Crippen LogP contribution in [0, 0.1) is 28.6 Å². The summed E-state index contributed by atoms with van der Waals surface area (Å²) in [6.45, 7) is 7.34. The summed E-state index contributed by atoms with van der Waals surface area (Å²) in [6.07, 6.45) is 5.44. The van der Waals surface area contributed by atoms with Crippen LogP contribution in [-0.4, -0.2) is 45.0 Å². The molecule has 3 unspecified atom stereocenters. The molecule has 0 bridgehead atoms. The molecule has 0 aliphatic heterocycles. The van der Waals surface area contributed by atoms with E-state index >= 15 is 0 Å². The molecule has 0 aromatic rings. The van der Waals surface area contributed by atoms with Crippen molar-refractivity contribution in [2.45, 2.75) is 52.5 Å². The summed E-state index contributed by atoms with van der Waals surface area (Å²) in [6, 6.07) is 2.61. The van der Waals surface area contributed by atoms with Crippen molar-refractivity contribution in [2.24, 2.45) is 17.3 Å². The lowest BCUT2D eigenvalue weighted by atomic mass is 9.66. The van der Waals surface area contributed by atoms with Crippen molar-refractivity contribution in [2.75, 3.05) is 25.6 Å². The van der Waals surface area contributed by atoms with Gasteiger partial charge in [-0.2, -0.15) is 5.26 Å². The van der Waals surface area contributed by atoms with Crippen molar-refractivity contribution in [3.05, 3.63) is 0 Å². The highest BCUT2D eigenvalue weighted by molar-refractivity contribution is 7.90. The minimum atomic E-state index is -2.95. The summed E-state index contributed by atoms with van der Waals surface area (Å²) in [5.41, 5.74) is 0.288. The van der Waals surface area contributed by atoms with Gasteiger partial charge in [-0.05, 0) is 37.6 Å². The quantitative estimate of drug-likeness (QED) is 0.756. The van der Waals surface area contributed by atoms with Gasteiger partial charge in [0.1, 0.15) is 9.84 Å². The average Bonchev–Trinajstić information content (AvgIpc) is 2.43. The van der Waals surface area contributed by atoms with E-state index in [0.717, 1.165) is 25.7 Å². The topological polar surface area (TPSA) is 61.2 Å². The summed E-state index contributed by atoms with van der Waals surface area (Å²) >= 11 is 0. The lowest BCUT2D eigenvalue weighted by Crippen LogP contribution is -2.46. The lowest BCUT2D eigenvalue weighted by Gasteiger charge is -2.44. The maximum atomic E-state index is 11.3. The van der Waals surface area contributed by atoms with Gasteiger partial charge in [-0.15, -0.1) is 0 Å². The van der Waals surface area contributed by atoms with E-state index in [1.54, 1.807) is 0 Å². The van der Waals surface area contributed by atoms with Crippen molar-refractivity contribution in [3.8, 4) is 6.07 Å². The average molecular weight is 314 g/mol. The Morgan fingerprint density at radius 2 is 1.95 bits per heavy atom. The highest BCUT2D eigenvalue weighted by Crippen LogP contribution is 2.43. The number of nitrogens with zero attached hydrogens (tertiary/aromatic N) is 2. The Bertz CT molecular complexity index is 479. The zero-order chi connectivity index (χ0) is 16.3. The fourth-order valence-electron chi connectivity index (χ4n) is 3.26. The monoisotopic (exact) mass is 314 g/mol. The number of rotatable bonds is 6. The Morgan fingerprint density at radius 1 is 1.33 bits per heavy atom. The third-order valence-electron chi connectivity index (χ3n) is 5.38. The second kappa shape index (κ2) is 7.11. The maximum Gasteiger partial charge on any atom is 0.148 e. The minimum Gasteiger partial charge on any atom is -0.301 e. The molecule has 1 aliphatic rings. The van der Waals surface area contributed by atoms with Crippen LogP contribution in [0.25, 0.3) is 0 Å². The Morgan fingerprint density at radius 3 is 2.43 bits per heavy atom. The Balaban J connectivity index is 2.77. The van der Waals surface area contributed by atoms with Gasteiger partial charge in [-0.1, -0.05) is 27.2 Å². The number of hydrogen-bond acceptors (Lipinski definition) is 4. The van der Waals surface area contributed by atoms with E-state index in [9.17, 15) is 13.7 Å². The molecule has 0 heterocycles. The second-order valence-electron chi connectivity index (χ2n) is 7.27. The Hall–Kier alpha value is -0.600. The molecule has 0 N–H and O–H groups in total. The summed E-state index contributed by atoms with van der Waals surface area (Å²) < 4.78 is 22.7. The van der Waals surface area contributed by atoms with E-state index in [-0.39, 0.29) is 23.1 Å².